The maximum atomic E-state index is 13.2. The molecule has 4 saturated carbocycles. The van der Waals surface area contributed by atoms with E-state index in [1.165, 1.54) is 0 Å². The minimum atomic E-state index is -1.09. The normalized spacial score (nSPS) is 23.7. The van der Waals surface area contributed by atoms with Crippen molar-refractivity contribution in [3.8, 4) is 0 Å². The largest absolute Gasteiger partial charge is 2.00 e. The predicted octanol–water partition coefficient (Wildman–Crippen LogP) is 3.96. The first-order valence-corrected chi connectivity index (χ1v) is 13.8. The quantitative estimate of drug-likeness (QED) is 0.225. The summed E-state index contributed by atoms with van der Waals surface area (Å²) in [5, 5.41) is 0. The molecule has 1 saturated heterocycles. The Morgan fingerprint density at radius 3 is 1.31 bits per heavy atom. The zero-order valence-electron chi connectivity index (χ0n) is 23.9. The van der Waals surface area contributed by atoms with Crippen molar-refractivity contribution in [2.75, 3.05) is 39.5 Å². The number of nitrogens with zero attached hydrogens (tertiary/aromatic N) is 1. The van der Waals surface area contributed by atoms with Crippen molar-refractivity contribution >= 4 is 11.9 Å². The fourth-order valence-electron chi connectivity index (χ4n) is 5.33. The third kappa shape index (κ3) is 9.33. The van der Waals surface area contributed by atoms with Gasteiger partial charge in [-0.2, -0.15) is 0 Å². The van der Waals surface area contributed by atoms with Crippen molar-refractivity contribution in [3.63, 3.8) is 0 Å². The van der Waals surface area contributed by atoms with Gasteiger partial charge >= 0.3 is 46.1 Å². The Hall–Kier alpha value is -0.361. The van der Waals surface area contributed by atoms with E-state index in [9.17, 15) is 9.59 Å². The Morgan fingerprint density at radius 1 is 0.667 bits per heavy atom. The van der Waals surface area contributed by atoms with Crippen molar-refractivity contribution in [1.29, 1.82) is 0 Å². The summed E-state index contributed by atoms with van der Waals surface area (Å²) in [4.78, 5) is 28.6. The van der Waals surface area contributed by atoms with E-state index in [2.05, 4.69) is 4.90 Å². The number of carbonyl (C=O) groups excluding carboxylic acids is 2. The number of hydrogen-bond acceptors (Lipinski definition) is 6. The van der Waals surface area contributed by atoms with Gasteiger partial charge in [-0.15, -0.1) is 0 Å². The summed E-state index contributed by atoms with van der Waals surface area (Å²) in [6.45, 7) is 6.21. The molecule has 1 heterocycles. The third-order valence-corrected chi connectivity index (χ3v) is 6.94. The zero-order valence-corrected chi connectivity index (χ0v) is 26.1. The van der Waals surface area contributed by atoms with Gasteiger partial charge in [0.2, 0.25) is 0 Å². The summed E-state index contributed by atoms with van der Waals surface area (Å²) in [6.07, 6.45) is 36.0. The van der Waals surface area contributed by atoms with Crippen LogP contribution in [0.1, 0.15) is 13.8 Å². The van der Waals surface area contributed by atoms with E-state index < -0.39 is 23.4 Å². The average molecular weight is 651 g/mol. The SMILES string of the molecule is CCOC(=O)C(C(=O)OCC)C1(N2CCOCC2)C([C]2[CH][CH][CH][CH]2)=C1[C]1[CH][CH][CH][CH]1.[CH]1[CH][CH][CH][CH]1.[CH]1[CH][CH][CH][CH]1.[Fe+2].[Fe+2]. The number of rotatable bonds is 8. The molecule has 0 unspecified atom stereocenters. The van der Waals surface area contributed by atoms with Crippen LogP contribution in [0, 0.1) is 133 Å². The smallest absolute Gasteiger partial charge is 0.465 e. The molecule has 0 aromatic rings. The van der Waals surface area contributed by atoms with Crippen LogP contribution in [-0.4, -0.2) is 61.9 Å². The molecule has 8 heteroatoms. The van der Waals surface area contributed by atoms with Crippen LogP contribution in [-0.2, 0) is 57.9 Å². The molecular weight excluding hydrogens is 614 g/mol. The summed E-state index contributed by atoms with van der Waals surface area (Å²) in [7, 11) is 0. The first-order valence-electron chi connectivity index (χ1n) is 13.8. The fraction of sp³-hybridized carbons (Fsp3) is 0.294. The van der Waals surface area contributed by atoms with Gasteiger partial charge in [0.1, 0.15) is 0 Å². The molecule has 0 spiro atoms. The zero-order chi connectivity index (χ0) is 28.2. The van der Waals surface area contributed by atoms with Crippen LogP contribution in [0.4, 0.5) is 0 Å². The summed E-state index contributed by atoms with van der Waals surface area (Å²) >= 11 is 0. The van der Waals surface area contributed by atoms with Crippen LogP contribution >= 0.6 is 0 Å². The average Bonchev–Trinajstić information content (AvgIpc) is 3.73. The molecule has 220 valence electrons. The molecule has 5 aliphatic carbocycles. The molecule has 0 aromatic carbocycles. The summed E-state index contributed by atoms with van der Waals surface area (Å²) < 4.78 is 16.4. The number of morpholine rings is 1. The van der Waals surface area contributed by atoms with Crippen LogP contribution in [0.25, 0.3) is 0 Å². The molecule has 42 heavy (non-hydrogen) atoms. The minimum Gasteiger partial charge on any atom is -0.465 e. The van der Waals surface area contributed by atoms with E-state index >= 15 is 0 Å². The Balaban J connectivity index is 0.000000433. The molecule has 0 aromatic heterocycles. The summed E-state index contributed by atoms with van der Waals surface area (Å²) in [6, 6.07) is 0. The Morgan fingerprint density at radius 2 is 1.00 bits per heavy atom. The number of esters is 2. The molecule has 5 fully saturated rings. The Kier molecular flexibility index (Phi) is 17.9. The predicted molar refractivity (Wildman–Crippen MR) is 153 cm³/mol. The van der Waals surface area contributed by atoms with Gasteiger partial charge < -0.3 is 14.2 Å². The summed E-state index contributed by atoms with van der Waals surface area (Å²) in [5.74, 6) is -0.168. The molecule has 0 bridgehead atoms. The van der Waals surface area contributed by atoms with Crippen LogP contribution < -0.4 is 0 Å². The van der Waals surface area contributed by atoms with Gasteiger partial charge in [0, 0.05) is 24.9 Å². The topological polar surface area (TPSA) is 65.1 Å². The number of carbonyl (C=O) groups is 2. The monoisotopic (exact) mass is 651 g/mol. The molecule has 0 N–H and O–H groups in total. The van der Waals surface area contributed by atoms with Gasteiger partial charge in [0.05, 0.1) is 32.0 Å². The van der Waals surface area contributed by atoms with Crippen molar-refractivity contribution < 1.29 is 57.9 Å². The van der Waals surface area contributed by atoms with Crippen LogP contribution in [0.3, 0.4) is 0 Å². The molecule has 6 aliphatic rings. The van der Waals surface area contributed by atoms with Gasteiger partial charge in [-0.3, -0.25) is 14.5 Å². The van der Waals surface area contributed by atoms with Gasteiger partial charge in [0.15, 0.2) is 5.92 Å². The van der Waals surface area contributed by atoms with E-state index in [0.717, 1.165) is 23.0 Å². The van der Waals surface area contributed by atoms with Crippen LogP contribution in [0.2, 0.25) is 0 Å². The maximum absolute atomic E-state index is 13.2. The van der Waals surface area contributed by atoms with Crippen molar-refractivity contribution in [2.45, 2.75) is 19.4 Å². The van der Waals surface area contributed by atoms with Crippen molar-refractivity contribution in [2.24, 2.45) is 5.92 Å². The van der Waals surface area contributed by atoms with E-state index in [-0.39, 0.29) is 47.4 Å². The third-order valence-electron chi connectivity index (χ3n) is 6.94. The van der Waals surface area contributed by atoms with Crippen LogP contribution in [0.15, 0.2) is 11.1 Å². The molecule has 0 atom stereocenters. The molecule has 1 aliphatic heterocycles. The fourth-order valence-corrected chi connectivity index (χ4v) is 5.33. The van der Waals surface area contributed by atoms with E-state index in [1.807, 2.05) is 116 Å². The summed E-state index contributed by atoms with van der Waals surface area (Å²) in [5.41, 5.74) is 1.09. The van der Waals surface area contributed by atoms with Gasteiger partial charge in [-0.25, -0.2) is 0 Å². The van der Waals surface area contributed by atoms with Crippen molar-refractivity contribution in [3.05, 3.63) is 139 Å². The second kappa shape index (κ2) is 19.9. The van der Waals surface area contributed by atoms with Crippen LogP contribution in [0.5, 0.6) is 0 Å². The van der Waals surface area contributed by atoms with Gasteiger partial charge in [-0.1, -0.05) is 0 Å². The van der Waals surface area contributed by atoms with Gasteiger partial charge in [-0.05, 0) is 141 Å². The standard InChI is InChI=1S/C24H27NO5.2C5H5.2Fe/c1-3-29-22(26)21(23(27)30-4-2)24(25-13-15-28-16-14-25)19(17-9-5-6-10-17)20(24)18-11-7-8-12-18;2*1-2-4-5-3-1;;/h5-12,21H,3-4,13-16H2,1-2H3;2*1-5H;;/q;;;2*+2. The number of ether oxygens (including phenoxy) is 3. The first-order chi connectivity index (χ1) is 19.7. The first kappa shape index (κ1) is 37.8. The second-order valence-electron chi connectivity index (χ2n) is 9.32. The molecule has 0 amide bonds. The maximum Gasteiger partial charge on any atom is 2.00 e. The van der Waals surface area contributed by atoms with E-state index in [1.54, 1.807) is 13.8 Å². The van der Waals surface area contributed by atoms with E-state index in [4.69, 9.17) is 14.2 Å². The number of hydrogen-bond donors (Lipinski definition) is 0. The van der Waals surface area contributed by atoms with E-state index in [0.29, 0.717) is 26.3 Å². The van der Waals surface area contributed by atoms with Crippen molar-refractivity contribution in [1.82, 2.24) is 4.90 Å². The Labute approximate surface area is 277 Å². The second-order valence-corrected chi connectivity index (χ2v) is 9.32. The molecule has 6 rings (SSSR count). The Bertz CT molecular complexity index is 755. The minimum absolute atomic E-state index is 0. The molecule has 20 radical (unpaired) electrons. The molecular formula is C34H37Fe2NO5+4. The molecule has 6 nitrogen and oxygen atoms in total. The van der Waals surface area contributed by atoms with Gasteiger partial charge in [0.25, 0.3) is 0 Å².